The molecule has 0 radical (unpaired) electrons. The number of carbonyl (C=O) groups is 1. The molecule has 0 bridgehead atoms. The van der Waals surface area contributed by atoms with Gasteiger partial charge in [0.05, 0.1) is 22.8 Å². The Morgan fingerprint density at radius 2 is 1.86 bits per heavy atom. The van der Waals surface area contributed by atoms with Crippen LogP contribution in [-0.4, -0.2) is 20.4 Å². The molecule has 0 aliphatic rings. The number of imidazole rings is 1. The second-order valence-corrected chi connectivity index (χ2v) is 7.09. The molecule has 5 heteroatoms. The molecule has 0 aliphatic heterocycles. The molecule has 0 spiro atoms. The fraction of sp³-hybridized carbons (Fsp3) is 0.208. The Hall–Kier alpha value is -3.47. The lowest BCUT2D eigenvalue weighted by Gasteiger charge is -2.17. The van der Waals surface area contributed by atoms with E-state index in [0.717, 1.165) is 40.2 Å². The maximum Gasteiger partial charge on any atom is 0.252 e. The van der Waals surface area contributed by atoms with Crippen LogP contribution in [0.1, 0.15) is 41.6 Å². The summed E-state index contributed by atoms with van der Waals surface area (Å²) in [7, 11) is 0. The number of pyridine rings is 1. The summed E-state index contributed by atoms with van der Waals surface area (Å²) in [5, 5.41) is 3.12. The van der Waals surface area contributed by atoms with Gasteiger partial charge in [0.25, 0.3) is 5.91 Å². The Labute approximate surface area is 170 Å². The third-order valence-corrected chi connectivity index (χ3v) is 5.25. The van der Waals surface area contributed by atoms with Gasteiger partial charge in [-0.2, -0.15) is 0 Å². The van der Waals surface area contributed by atoms with Crippen molar-refractivity contribution in [3.05, 3.63) is 83.8 Å². The lowest BCUT2D eigenvalue weighted by Crippen LogP contribution is -2.29. The van der Waals surface area contributed by atoms with Crippen LogP contribution in [0.2, 0.25) is 0 Å². The molecular formula is C24H24N4O. The van der Waals surface area contributed by atoms with Crippen molar-refractivity contribution >= 4 is 16.9 Å². The van der Waals surface area contributed by atoms with E-state index in [1.54, 1.807) is 6.20 Å². The SMILES string of the molecule is CCn1c([C@H](C)NC(=O)c2cccc(-c3ccccn3)c2C)nc2ccccc21. The van der Waals surface area contributed by atoms with E-state index < -0.39 is 0 Å². The molecule has 0 saturated heterocycles. The maximum absolute atomic E-state index is 13.1. The zero-order chi connectivity index (χ0) is 20.4. The molecule has 146 valence electrons. The van der Waals surface area contributed by atoms with Crippen LogP contribution >= 0.6 is 0 Å². The third kappa shape index (κ3) is 3.51. The number of hydrogen-bond donors (Lipinski definition) is 1. The van der Waals surface area contributed by atoms with Crippen molar-refractivity contribution in [3.8, 4) is 11.3 Å². The molecule has 4 rings (SSSR count). The normalized spacial score (nSPS) is 12.1. The second-order valence-electron chi connectivity index (χ2n) is 7.09. The highest BCUT2D eigenvalue weighted by atomic mass is 16.1. The van der Waals surface area contributed by atoms with Gasteiger partial charge in [-0.1, -0.05) is 30.3 Å². The maximum atomic E-state index is 13.1. The van der Waals surface area contributed by atoms with E-state index >= 15 is 0 Å². The predicted octanol–water partition coefficient (Wildman–Crippen LogP) is 4.92. The topological polar surface area (TPSA) is 59.8 Å². The molecule has 0 unspecified atom stereocenters. The van der Waals surface area contributed by atoms with E-state index in [9.17, 15) is 4.79 Å². The fourth-order valence-electron chi connectivity index (χ4n) is 3.78. The van der Waals surface area contributed by atoms with Gasteiger partial charge in [-0.15, -0.1) is 0 Å². The van der Waals surface area contributed by atoms with Gasteiger partial charge in [-0.25, -0.2) is 4.98 Å². The number of nitrogens with one attached hydrogen (secondary N) is 1. The van der Waals surface area contributed by atoms with Crippen molar-refractivity contribution in [3.63, 3.8) is 0 Å². The highest BCUT2D eigenvalue weighted by Gasteiger charge is 2.20. The highest BCUT2D eigenvalue weighted by Crippen LogP contribution is 2.25. The molecule has 4 aromatic rings. The molecule has 5 nitrogen and oxygen atoms in total. The average molecular weight is 384 g/mol. The van der Waals surface area contributed by atoms with Crippen molar-refractivity contribution in [1.29, 1.82) is 0 Å². The number of aromatic nitrogens is 3. The molecule has 0 saturated carbocycles. The quantitative estimate of drug-likeness (QED) is 0.531. The first-order chi connectivity index (χ1) is 14.1. The van der Waals surface area contributed by atoms with Crippen molar-refractivity contribution in [2.24, 2.45) is 0 Å². The molecule has 0 fully saturated rings. The monoisotopic (exact) mass is 384 g/mol. The Bertz CT molecular complexity index is 1160. The number of benzene rings is 2. The standard InChI is InChI=1S/C24H24N4O/c1-4-28-22-14-6-5-13-21(22)27-23(28)17(3)26-24(29)19-11-9-10-18(16(19)2)20-12-7-8-15-25-20/h5-15,17H,4H2,1-3H3,(H,26,29)/t17-/m0/s1. The second kappa shape index (κ2) is 7.87. The molecule has 2 heterocycles. The summed E-state index contributed by atoms with van der Waals surface area (Å²) in [6, 6.07) is 19.4. The number of carbonyl (C=O) groups excluding carboxylic acids is 1. The fourth-order valence-corrected chi connectivity index (χ4v) is 3.78. The summed E-state index contributed by atoms with van der Waals surface area (Å²) in [4.78, 5) is 22.3. The summed E-state index contributed by atoms with van der Waals surface area (Å²) in [5.74, 6) is 0.753. The summed E-state index contributed by atoms with van der Waals surface area (Å²) < 4.78 is 2.15. The van der Waals surface area contributed by atoms with Gasteiger partial charge < -0.3 is 9.88 Å². The summed E-state index contributed by atoms with van der Waals surface area (Å²) in [6.45, 7) is 6.82. The molecule has 0 aliphatic carbocycles. The Kier molecular flexibility index (Phi) is 5.12. The number of nitrogens with zero attached hydrogens (tertiary/aromatic N) is 3. The first-order valence-corrected chi connectivity index (χ1v) is 9.87. The Morgan fingerprint density at radius 1 is 1.07 bits per heavy atom. The summed E-state index contributed by atoms with van der Waals surface area (Å²) in [6.07, 6.45) is 1.76. The number of hydrogen-bond acceptors (Lipinski definition) is 3. The van der Waals surface area contributed by atoms with Crippen molar-refractivity contribution in [2.45, 2.75) is 33.4 Å². The van der Waals surface area contributed by atoms with Gasteiger partial charge >= 0.3 is 0 Å². The van der Waals surface area contributed by atoms with Gasteiger partial charge in [0.15, 0.2) is 0 Å². The molecular weight excluding hydrogens is 360 g/mol. The van der Waals surface area contributed by atoms with Crippen molar-refractivity contribution in [1.82, 2.24) is 19.9 Å². The first-order valence-electron chi connectivity index (χ1n) is 9.87. The molecule has 29 heavy (non-hydrogen) atoms. The minimum atomic E-state index is -0.215. The number of amides is 1. The van der Waals surface area contributed by atoms with Crippen LogP contribution in [0, 0.1) is 6.92 Å². The van der Waals surface area contributed by atoms with Crippen LogP contribution in [0.4, 0.5) is 0 Å². The van der Waals surface area contributed by atoms with Crippen LogP contribution < -0.4 is 5.32 Å². The number of aryl methyl sites for hydroxylation is 1. The number of fused-ring (bicyclic) bond motifs is 1. The van der Waals surface area contributed by atoms with Gasteiger partial charge in [0.1, 0.15) is 5.82 Å². The molecule has 2 aromatic heterocycles. The Morgan fingerprint density at radius 3 is 2.62 bits per heavy atom. The smallest absolute Gasteiger partial charge is 0.252 e. The largest absolute Gasteiger partial charge is 0.342 e. The van der Waals surface area contributed by atoms with E-state index in [1.165, 1.54) is 0 Å². The average Bonchev–Trinajstić information content (AvgIpc) is 3.13. The predicted molar refractivity (Wildman–Crippen MR) is 116 cm³/mol. The van der Waals surface area contributed by atoms with E-state index in [2.05, 4.69) is 27.9 Å². The molecule has 1 N–H and O–H groups in total. The third-order valence-electron chi connectivity index (χ3n) is 5.25. The lowest BCUT2D eigenvalue weighted by molar-refractivity contribution is 0.0937. The zero-order valence-electron chi connectivity index (χ0n) is 16.9. The highest BCUT2D eigenvalue weighted by molar-refractivity contribution is 5.97. The Balaban J connectivity index is 1.64. The van der Waals surface area contributed by atoms with E-state index in [-0.39, 0.29) is 11.9 Å². The number of para-hydroxylation sites is 2. The van der Waals surface area contributed by atoms with Crippen molar-refractivity contribution in [2.75, 3.05) is 0 Å². The van der Waals surface area contributed by atoms with Gasteiger partial charge in [-0.05, 0) is 56.7 Å². The van der Waals surface area contributed by atoms with Crippen LogP contribution in [0.3, 0.4) is 0 Å². The van der Waals surface area contributed by atoms with Crippen LogP contribution in [0.15, 0.2) is 66.9 Å². The minimum absolute atomic E-state index is 0.109. The minimum Gasteiger partial charge on any atom is -0.342 e. The zero-order valence-corrected chi connectivity index (χ0v) is 16.9. The first kappa shape index (κ1) is 18.9. The molecule has 2 aromatic carbocycles. The van der Waals surface area contributed by atoms with Gasteiger partial charge in [0, 0.05) is 23.9 Å². The van der Waals surface area contributed by atoms with Crippen LogP contribution in [0.25, 0.3) is 22.3 Å². The molecule has 1 atom stereocenters. The van der Waals surface area contributed by atoms with Crippen molar-refractivity contribution < 1.29 is 4.79 Å². The summed E-state index contributed by atoms with van der Waals surface area (Å²) in [5.41, 5.74) is 5.42. The molecule has 1 amide bonds. The van der Waals surface area contributed by atoms with E-state index in [0.29, 0.717) is 5.56 Å². The number of rotatable bonds is 5. The van der Waals surface area contributed by atoms with E-state index in [4.69, 9.17) is 4.98 Å². The van der Waals surface area contributed by atoms with E-state index in [1.807, 2.05) is 68.4 Å². The lowest BCUT2D eigenvalue weighted by atomic mass is 9.99. The van der Waals surface area contributed by atoms with Gasteiger partial charge in [-0.3, -0.25) is 9.78 Å². The van der Waals surface area contributed by atoms with Crippen LogP contribution in [-0.2, 0) is 6.54 Å². The van der Waals surface area contributed by atoms with Crippen LogP contribution in [0.5, 0.6) is 0 Å². The van der Waals surface area contributed by atoms with Gasteiger partial charge in [0.2, 0.25) is 0 Å². The summed E-state index contributed by atoms with van der Waals surface area (Å²) >= 11 is 0.